The Hall–Kier alpha value is -2.51. The van der Waals surface area contributed by atoms with Gasteiger partial charge in [0, 0.05) is 24.0 Å². The molecule has 1 aromatic carbocycles. The summed E-state index contributed by atoms with van der Waals surface area (Å²) in [6, 6.07) is 9.99. The van der Waals surface area contributed by atoms with E-state index in [9.17, 15) is 9.18 Å². The van der Waals surface area contributed by atoms with Gasteiger partial charge in [-0.25, -0.2) is 9.07 Å². The fraction of sp³-hybridized carbons (Fsp3) is 0.263. The van der Waals surface area contributed by atoms with Gasteiger partial charge in [0.05, 0.1) is 17.9 Å². The Morgan fingerprint density at radius 2 is 2.12 bits per heavy atom. The third kappa shape index (κ3) is 3.54. The van der Waals surface area contributed by atoms with E-state index in [1.54, 1.807) is 28.2 Å². The summed E-state index contributed by atoms with van der Waals surface area (Å²) < 4.78 is 14.8. The van der Waals surface area contributed by atoms with Gasteiger partial charge in [-0.3, -0.25) is 9.69 Å². The zero-order chi connectivity index (χ0) is 18.1. The van der Waals surface area contributed by atoms with Gasteiger partial charge < -0.3 is 5.32 Å². The highest BCUT2D eigenvalue weighted by Crippen LogP contribution is 2.24. The van der Waals surface area contributed by atoms with Crippen LogP contribution < -0.4 is 5.32 Å². The molecule has 3 heterocycles. The number of fused-ring (bicyclic) bond motifs is 1. The van der Waals surface area contributed by atoms with Gasteiger partial charge in [0.15, 0.2) is 0 Å². The number of aryl methyl sites for hydroxylation is 1. The van der Waals surface area contributed by atoms with Gasteiger partial charge in [0.2, 0.25) is 5.91 Å². The summed E-state index contributed by atoms with van der Waals surface area (Å²) in [5.41, 5.74) is 2.81. The molecule has 0 radical (unpaired) electrons. The second-order valence-corrected chi connectivity index (χ2v) is 7.44. The number of aromatic nitrogens is 2. The molecule has 0 atom stereocenters. The van der Waals surface area contributed by atoms with E-state index in [4.69, 9.17) is 0 Å². The van der Waals surface area contributed by atoms with Crippen LogP contribution in [-0.2, 0) is 17.8 Å². The molecular weight excluding hydrogens is 351 g/mol. The largest absolute Gasteiger partial charge is 0.309 e. The summed E-state index contributed by atoms with van der Waals surface area (Å²) >= 11 is 1.79. The molecule has 0 unspecified atom stereocenters. The molecule has 134 valence electrons. The zero-order valence-corrected chi connectivity index (χ0v) is 15.2. The van der Waals surface area contributed by atoms with Crippen LogP contribution in [0.1, 0.15) is 16.1 Å². The smallest absolute Gasteiger partial charge is 0.239 e. The summed E-state index contributed by atoms with van der Waals surface area (Å²) in [6.45, 7) is 3.89. The summed E-state index contributed by atoms with van der Waals surface area (Å²) in [5.74, 6) is 0.209. The van der Waals surface area contributed by atoms with Crippen molar-refractivity contribution in [2.24, 2.45) is 0 Å². The molecule has 0 bridgehead atoms. The first-order valence-corrected chi connectivity index (χ1v) is 9.36. The lowest BCUT2D eigenvalue weighted by Crippen LogP contribution is -2.36. The molecule has 0 saturated carbocycles. The Morgan fingerprint density at radius 3 is 2.92 bits per heavy atom. The van der Waals surface area contributed by atoms with Crippen molar-refractivity contribution in [1.82, 2.24) is 14.7 Å². The molecule has 1 amide bonds. The Morgan fingerprint density at radius 1 is 1.31 bits per heavy atom. The maximum absolute atomic E-state index is 13.2. The van der Waals surface area contributed by atoms with Crippen molar-refractivity contribution in [3.05, 3.63) is 63.7 Å². The Kier molecular flexibility index (Phi) is 4.57. The van der Waals surface area contributed by atoms with Crippen LogP contribution in [-0.4, -0.2) is 33.7 Å². The highest BCUT2D eigenvalue weighted by atomic mass is 32.1. The number of halogens is 1. The minimum Gasteiger partial charge on any atom is -0.309 e. The molecule has 0 aliphatic carbocycles. The Bertz CT molecular complexity index is 931. The lowest BCUT2D eigenvalue weighted by Gasteiger charge is -2.26. The maximum atomic E-state index is 13.2. The van der Waals surface area contributed by atoms with E-state index in [0.717, 1.165) is 25.2 Å². The van der Waals surface area contributed by atoms with Crippen LogP contribution in [0.25, 0.3) is 5.69 Å². The minimum atomic E-state index is -0.305. The molecule has 7 heteroatoms. The maximum Gasteiger partial charge on any atom is 0.239 e. The predicted octanol–water partition coefficient (Wildman–Crippen LogP) is 3.38. The molecule has 4 rings (SSSR count). The molecule has 1 aliphatic heterocycles. The van der Waals surface area contributed by atoms with Gasteiger partial charge in [0.1, 0.15) is 11.6 Å². The van der Waals surface area contributed by atoms with Gasteiger partial charge in [-0.1, -0.05) is 0 Å². The van der Waals surface area contributed by atoms with Crippen molar-refractivity contribution in [3.8, 4) is 5.69 Å². The number of hydrogen-bond acceptors (Lipinski definition) is 4. The van der Waals surface area contributed by atoms with E-state index >= 15 is 0 Å². The van der Waals surface area contributed by atoms with Crippen LogP contribution in [0.5, 0.6) is 0 Å². The number of rotatable bonds is 4. The van der Waals surface area contributed by atoms with E-state index in [1.165, 1.54) is 22.6 Å². The van der Waals surface area contributed by atoms with E-state index in [1.807, 2.05) is 13.0 Å². The van der Waals surface area contributed by atoms with Crippen LogP contribution in [0.15, 0.2) is 41.8 Å². The molecular formula is C19H19FN4OS. The van der Waals surface area contributed by atoms with Gasteiger partial charge in [-0.15, -0.1) is 11.3 Å². The summed E-state index contributed by atoms with van der Waals surface area (Å²) in [5, 5.41) is 9.45. The third-order valence-corrected chi connectivity index (χ3v) is 5.45. The number of amides is 1. The topological polar surface area (TPSA) is 50.2 Å². The molecule has 1 aliphatic rings. The molecule has 2 aromatic heterocycles. The summed E-state index contributed by atoms with van der Waals surface area (Å²) in [7, 11) is 0. The summed E-state index contributed by atoms with van der Waals surface area (Å²) in [6.07, 6.45) is 0.993. The average molecular weight is 370 g/mol. The highest BCUT2D eigenvalue weighted by Gasteiger charge is 2.20. The first kappa shape index (κ1) is 16.9. The van der Waals surface area contributed by atoms with Gasteiger partial charge in [-0.05, 0) is 54.6 Å². The Balaban J connectivity index is 1.46. The van der Waals surface area contributed by atoms with E-state index in [2.05, 4.69) is 26.8 Å². The fourth-order valence-corrected chi connectivity index (χ4v) is 4.08. The molecule has 1 N–H and O–H groups in total. The van der Waals surface area contributed by atoms with Crippen molar-refractivity contribution in [2.45, 2.75) is 19.9 Å². The number of hydrogen-bond donors (Lipinski definition) is 1. The highest BCUT2D eigenvalue weighted by molar-refractivity contribution is 7.10. The Labute approximate surface area is 155 Å². The van der Waals surface area contributed by atoms with Crippen LogP contribution in [0.3, 0.4) is 0 Å². The number of thiophene rings is 1. The molecule has 26 heavy (non-hydrogen) atoms. The van der Waals surface area contributed by atoms with E-state index in [-0.39, 0.29) is 11.7 Å². The van der Waals surface area contributed by atoms with E-state index < -0.39 is 0 Å². The second-order valence-electron chi connectivity index (χ2n) is 6.44. The fourth-order valence-electron chi connectivity index (χ4n) is 3.19. The monoisotopic (exact) mass is 370 g/mol. The second kappa shape index (κ2) is 7.01. The number of carbonyl (C=O) groups excluding carboxylic acids is 1. The number of nitrogens with one attached hydrogen (secondary N) is 1. The number of nitrogens with zero attached hydrogens (tertiary/aromatic N) is 3. The third-order valence-electron chi connectivity index (χ3n) is 4.42. The molecule has 0 fully saturated rings. The van der Waals surface area contributed by atoms with Crippen molar-refractivity contribution in [1.29, 1.82) is 0 Å². The van der Waals surface area contributed by atoms with Gasteiger partial charge in [-0.2, -0.15) is 5.10 Å². The van der Waals surface area contributed by atoms with Crippen LogP contribution in [0, 0.1) is 12.7 Å². The van der Waals surface area contributed by atoms with Gasteiger partial charge in [0.25, 0.3) is 0 Å². The standard InChI is InChI=1S/C19H19FN4OS/c1-13-10-18(24(22-13)16-4-2-15(20)3-5-16)21-19(25)12-23-8-6-17-14(11-23)7-9-26-17/h2-5,7,9-10H,6,8,11-12H2,1H3,(H,21,25). The van der Waals surface area contributed by atoms with Crippen LogP contribution >= 0.6 is 11.3 Å². The lowest BCUT2D eigenvalue weighted by atomic mass is 10.1. The lowest BCUT2D eigenvalue weighted by molar-refractivity contribution is -0.117. The van der Waals surface area contributed by atoms with Crippen molar-refractivity contribution in [3.63, 3.8) is 0 Å². The number of anilines is 1. The minimum absolute atomic E-state index is 0.0769. The van der Waals surface area contributed by atoms with Crippen molar-refractivity contribution >= 4 is 23.1 Å². The average Bonchev–Trinajstić information content (AvgIpc) is 3.21. The molecule has 0 saturated heterocycles. The van der Waals surface area contributed by atoms with Gasteiger partial charge >= 0.3 is 0 Å². The van der Waals surface area contributed by atoms with E-state index in [0.29, 0.717) is 18.1 Å². The normalized spacial score (nSPS) is 14.2. The molecule has 0 spiro atoms. The summed E-state index contributed by atoms with van der Waals surface area (Å²) in [4.78, 5) is 16.1. The first-order valence-electron chi connectivity index (χ1n) is 8.48. The van der Waals surface area contributed by atoms with Crippen molar-refractivity contribution in [2.75, 3.05) is 18.4 Å². The number of benzene rings is 1. The van der Waals surface area contributed by atoms with Crippen LogP contribution in [0.4, 0.5) is 10.2 Å². The zero-order valence-electron chi connectivity index (χ0n) is 14.4. The van der Waals surface area contributed by atoms with Crippen LogP contribution in [0.2, 0.25) is 0 Å². The molecule has 5 nitrogen and oxygen atoms in total. The SMILES string of the molecule is Cc1cc(NC(=O)CN2CCc3sccc3C2)n(-c2ccc(F)cc2)n1. The quantitative estimate of drug-likeness (QED) is 0.766. The number of carbonyl (C=O) groups is 1. The van der Waals surface area contributed by atoms with Crippen molar-refractivity contribution < 1.29 is 9.18 Å². The molecule has 3 aromatic rings. The first-order chi connectivity index (χ1) is 12.6. The predicted molar refractivity (Wildman–Crippen MR) is 100 cm³/mol.